The van der Waals surface area contributed by atoms with Crippen LogP contribution in [0.15, 0.2) is 36.4 Å². The van der Waals surface area contributed by atoms with Crippen molar-refractivity contribution in [3.63, 3.8) is 0 Å². The molecule has 0 fully saturated rings. The first-order valence-corrected chi connectivity index (χ1v) is 7.26. The van der Waals surface area contributed by atoms with Crippen molar-refractivity contribution >= 4 is 11.4 Å². The fourth-order valence-corrected chi connectivity index (χ4v) is 2.66. The van der Waals surface area contributed by atoms with Crippen LogP contribution < -0.4 is 10.6 Å². The lowest BCUT2D eigenvalue weighted by molar-refractivity contribution is -0.568. The molecule has 2 aromatic carbocycles. The van der Waals surface area contributed by atoms with Crippen LogP contribution in [-0.4, -0.2) is 13.1 Å². The maximum atomic E-state index is 3.49. The summed E-state index contributed by atoms with van der Waals surface area (Å²) in [5, 5.41) is 5.80. The van der Waals surface area contributed by atoms with Gasteiger partial charge in [0.05, 0.1) is 13.1 Å². The van der Waals surface area contributed by atoms with Crippen LogP contribution in [0.4, 0.5) is 11.4 Å². The van der Waals surface area contributed by atoms with Crippen molar-refractivity contribution in [2.75, 3.05) is 18.4 Å². The van der Waals surface area contributed by atoms with Gasteiger partial charge in [0.1, 0.15) is 5.69 Å². The fourth-order valence-electron chi connectivity index (χ4n) is 2.66. The number of rotatable bonds is 5. The van der Waals surface area contributed by atoms with Crippen LogP contribution in [-0.2, 0) is 0 Å². The van der Waals surface area contributed by atoms with Crippen LogP contribution in [0.2, 0.25) is 0 Å². The number of quaternary nitrogens is 1. The molecule has 20 heavy (non-hydrogen) atoms. The summed E-state index contributed by atoms with van der Waals surface area (Å²) in [6, 6.07) is 13.3. The zero-order valence-electron chi connectivity index (χ0n) is 13.0. The Morgan fingerprint density at radius 3 is 1.80 bits per heavy atom. The molecule has 3 N–H and O–H groups in total. The van der Waals surface area contributed by atoms with Gasteiger partial charge in [-0.3, -0.25) is 0 Å². The molecule has 0 aliphatic carbocycles. The minimum atomic E-state index is 0.968. The van der Waals surface area contributed by atoms with Crippen molar-refractivity contribution in [2.24, 2.45) is 0 Å². The average Bonchev–Trinajstić information content (AvgIpc) is 2.32. The summed E-state index contributed by atoms with van der Waals surface area (Å²) in [6.45, 7) is 10.6. The standard InChI is InChI=1S/C18H24N2/c1-13-7-14(2)10-17(9-13)19-5-6-20-18-11-15(3)8-16(4)12-18/h7-12,19-20H,5-6H2,1-4H3/p+1. The van der Waals surface area contributed by atoms with Crippen LogP contribution in [0, 0.1) is 27.7 Å². The van der Waals surface area contributed by atoms with E-state index >= 15 is 0 Å². The lowest BCUT2D eigenvalue weighted by atomic mass is 10.1. The summed E-state index contributed by atoms with van der Waals surface area (Å²) < 4.78 is 0. The van der Waals surface area contributed by atoms with Gasteiger partial charge in [-0.1, -0.05) is 12.1 Å². The summed E-state index contributed by atoms with van der Waals surface area (Å²) in [4.78, 5) is 0. The highest BCUT2D eigenvalue weighted by molar-refractivity contribution is 5.48. The maximum absolute atomic E-state index is 3.49. The molecule has 0 aliphatic heterocycles. The van der Waals surface area contributed by atoms with Crippen molar-refractivity contribution < 1.29 is 5.32 Å². The van der Waals surface area contributed by atoms with Gasteiger partial charge in [0.2, 0.25) is 0 Å². The third-order valence-electron chi connectivity index (χ3n) is 3.32. The second-order valence-corrected chi connectivity index (χ2v) is 5.72. The quantitative estimate of drug-likeness (QED) is 0.633. The molecule has 0 atom stereocenters. The van der Waals surface area contributed by atoms with Gasteiger partial charge in [-0.2, -0.15) is 0 Å². The van der Waals surface area contributed by atoms with Crippen LogP contribution in [0.1, 0.15) is 22.3 Å². The van der Waals surface area contributed by atoms with Gasteiger partial charge in [-0.15, -0.1) is 0 Å². The highest BCUT2D eigenvalue weighted by atomic mass is 14.9. The Bertz CT molecular complexity index is 494. The van der Waals surface area contributed by atoms with E-state index in [0.717, 1.165) is 13.1 Å². The van der Waals surface area contributed by atoms with Crippen molar-refractivity contribution in [3.05, 3.63) is 58.7 Å². The topological polar surface area (TPSA) is 28.6 Å². The first kappa shape index (κ1) is 14.6. The SMILES string of the molecule is Cc1cc(C)cc(NCC[NH2+]c2cc(C)cc(C)c2)c1. The van der Waals surface area contributed by atoms with E-state index in [1.165, 1.54) is 33.6 Å². The molecule has 106 valence electrons. The monoisotopic (exact) mass is 269 g/mol. The first-order valence-electron chi connectivity index (χ1n) is 7.26. The second-order valence-electron chi connectivity index (χ2n) is 5.72. The molecule has 0 spiro atoms. The Kier molecular flexibility index (Phi) is 4.80. The maximum Gasteiger partial charge on any atom is 0.130 e. The number of benzene rings is 2. The molecule has 0 heterocycles. The predicted molar refractivity (Wildman–Crippen MR) is 86.8 cm³/mol. The summed E-state index contributed by atoms with van der Waals surface area (Å²) in [5.74, 6) is 0. The molecule has 0 unspecified atom stereocenters. The Labute approximate surface area is 122 Å². The minimum Gasteiger partial charge on any atom is -0.379 e. The van der Waals surface area contributed by atoms with Gasteiger partial charge in [0.15, 0.2) is 0 Å². The molecule has 2 heteroatoms. The van der Waals surface area contributed by atoms with E-state index in [1.807, 2.05) is 0 Å². The third kappa shape index (κ3) is 4.39. The number of aryl methyl sites for hydroxylation is 4. The van der Waals surface area contributed by atoms with Gasteiger partial charge in [-0.05, 0) is 62.1 Å². The highest BCUT2D eigenvalue weighted by Crippen LogP contribution is 2.13. The number of hydrogen-bond donors (Lipinski definition) is 2. The molecule has 0 saturated carbocycles. The molecule has 0 amide bonds. The zero-order valence-corrected chi connectivity index (χ0v) is 13.0. The molecular formula is C18H25N2+. The lowest BCUT2D eigenvalue weighted by Gasteiger charge is -2.08. The van der Waals surface area contributed by atoms with E-state index < -0.39 is 0 Å². The Balaban J connectivity index is 1.84. The van der Waals surface area contributed by atoms with E-state index in [1.54, 1.807) is 0 Å². The van der Waals surface area contributed by atoms with E-state index in [2.05, 4.69) is 74.7 Å². The minimum absolute atomic E-state index is 0.968. The van der Waals surface area contributed by atoms with E-state index in [0.29, 0.717) is 0 Å². The number of nitrogens with two attached hydrogens (primary N) is 1. The van der Waals surface area contributed by atoms with Crippen LogP contribution in [0.3, 0.4) is 0 Å². The Morgan fingerprint density at radius 2 is 1.25 bits per heavy atom. The molecule has 0 aliphatic rings. The zero-order chi connectivity index (χ0) is 14.5. The summed E-state index contributed by atoms with van der Waals surface area (Å²) in [5.41, 5.74) is 7.83. The number of nitrogens with one attached hydrogen (secondary N) is 1. The van der Waals surface area contributed by atoms with Crippen molar-refractivity contribution in [2.45, 2.75) is 27.7 Å². The number of hydrogen-bond acceptors (Lipinski definition) is 1. The van der Waals surface area contributed by atoms with Crippen LogP contribution >= 0.6 is 0 Å². The summed E-state index contributed by atoms with van der Waals surface area (Å²) in [7, 11) is 0. The van der Waals surface area contributed by atoms with E-state index in [-0.39, 0.29) is 0 Å². The van der Waals surface area contributed by atoms with Gasteiger partial charge in [0.25, 0.3) is 0 Å². The molecule has 0 radical (unpaired) electrons. The Hall–Kier alpha value is -1.80. The second kappa shape index (κ2) is 6.58. The first-order chi connectivity index (χ1) is 9.52. The lowest BCUT2D eigenvalue weighted by Crippen LogP contribution is -2.79. The molecule has 2 aromatic rings. The summed E-state index contributed by atoms with van der Waals surface area (Å²) in [6.07, 6.45) is 0. The van der Waals surface area contributed by atoms with Gasteiger partial charge in [-0.25, -0.2) is 0 Å². The molecule has 0 saturated heterocycles. The van der Waals surface area contributed by atoms with E-state index in [9.17, 15) is 0 Å². The van der Waals surface area contributed by atoms with Gasteiger partial charge < -0.3 is 10.6 Å². The van der Waals surface area contributed by atoms with Crippen molar-refractivity contribution in [1.29, 1.82) is 0 Å². The van der Waals surface area contributed by atoms with Gasteiger partial charge >= 0.3 is 0 Å². The van der Waals surface area contributed by atoms with Crippen molar-refractivity contribution in [3.8, 4) is 0 Å². The normalized spacial score (nSPS) is 10.6. The summed E-state index contributed by atoms with van der Waals surface area (Å²) >= 11 is 0. The molecular weight excluding hydrogens is 244 g/mol. The number of anilines is 1. The molecule has 2 nitrogen and oxygen atoms in total. The molecule has 0 aromatic heterocycles. The fraction of sp³-hybridized carbons (Fsp3) is 0.333. The smallest absolute Gasteiger partial charge is 0.130 e. The predicted octanol–water partition coefficient (Wildman–Crippen LogP) is 3.23. The Morgan fingerprint density at radius 1 is 0.750 bits per heavy atom. The van der Waals surface area contributed by atoms with Crippen molar-refractivity contribution in [1.82, 2.24) is 0 Å². The van der Waals surface area contributed by atoms with Crippen LogP contribution in [0.25, 0.3) is 0 Å². The highest BCUT2D eigenvalue weighted by Gasteiger charge is 2.00. The molecule has 2 rings (SSSR count). The largest absolute Gasteiger partial charge is 0.379 e. The van der Waals surface area contributed by atoms with E-state index in [4.69, 9.17) is 0 Å². The molecule has 0 bridgehead atoms. The third-order valence-corrected chi connectivity index (χ3v) is 3.32. The van der Waals surface area contributed by atoms with Gasteiger partial charge in [0, 0.05) is 17.8 Å². The average molecular weight is 269 g/mol. The van der Waals surface area contributed by atoms with Crippen LogP contribution in [0.5, 0.6) is 0 Å².